The molecule has 1 N–H and O–H groups in total. The fourth-order valence-electron chi connectivity index (χ4n) is 5.79. The van der Waals surface area contributed by atoms with E-state index in [2.05, 4.69) is 43.0 Å². The van der Waals surface area contributed by atoms with Crippen LogP contribution in [0.5, 0.6) is 5.75 Å². The smallest absolute Gasteiger partial charge is 0.247 e. The number of nitrogens with zero attached hydrogens (tertiary/aromatic N) is 2. The molecular weight excluding hydrogens is 424 g/mol. The number of piperidine rings is 1. The summed E-state index contributed by atoms with van der Waals surface area (Å²) in [5, 5.41) is 11.5. The van der Waals surface area contributed by atoms with Gasteiger partial charge in [-0.25, -0.2) is 0 Å². The molecule has 5 nitrogen and oxygen atoms in total. The van der Waals surface area contributed by atoms with Crippen molar-refractivity contribution in [2.45, 2.75) is 57.6 Å². The molecule has 1 heterocycles. The highest BCUT2D eigenvalue weighted by molar-refractivity contribution is 5.92. The highest BCUT2D eigenvalue weighted by Gasteiger charge is 2.49. The Kier molecular flexibility index (Phi) is 7.62. The van der Waals surface area contributed by atoms with Gasteiger partial charge in [0.15, 0.2) is 0 Å². The second-order valence-corrected chi connectivity index (χ2v) is 9.55. The number of benzene rings is 2. The van der Waals surface area contributed by atoms with Gasteiger partial charge in [-0.2, -0.15) is 0 Å². The Hall–Kier alpha value is -2.79. The van der Waals surface area contributed by atoms with Crippen LogP contribution in [0.4, 0.5) is 5.69 Å². The van der Waals surface area contributed by atoms with Crippen LogP contribution in [0.25, 0.3) is 6.08 Å². The van der Waals surface area contributed by atoms with Gasteiger partial charge in [0.1, 0.15) is 5.75 Å². The molecule has 2 aromatic carbocycles. The second-order valence-electron chi connectivity index (χ2n) is 9.55. The number of anilines is 1. The summed E-state index contributed by atoms with van der Waals surface area (Å²) in [6, 6.07) is 16.2. The summed E-state index contributed by atoms with van der Waals surface area (Å²) >= 11 is 0. The summed E-state index contributed by atoms with van der Waals surface area (Å²) in [5.74, 6) is 0.859. The average molecular weight is 463 g/mol. The Morgan fingerprint density at radius 2 is 1.79 bits per heavy atom. The quantitative estimate of drug-likeness (QED) is 0.556. The molecule has 0 radical (unpaired) electrons. The number of aliphatic hydroxyl groups is 1. The lowest BCUT2D eigenvalue weighted by atomic mass is 9.66. The van der Waals surface area contributed by atoms with Crippen LogP contribution in [0.1, 0.15) is 63.1 Å². The molecule has 2 aliphatic rings. The Labute approximate surface area is 204 Å². The minimum absolute atomic E-state index is 0.00117. The number of hydrogen-bond donors (Lipinski definition) is 1. The first kappa shape index (κ1) is 24.3. The van der Waals surface area contributed by atoms with Crippen molar-refractivity contribution in [3.63, 3.8) is 0 Å². The van der Waals surface area contributed by atoms with E-state index in [4.69, 9.17) is 4.74 Å². The fourth-order valence-corrected chi connectivity index (χ4v) is 5.79. The van der Waals surface area contributed by atoms with Crippen LogP contribution in [-0.4, -0.2) is 48.3 Å². The Morgan fingerprint density at radius 1 is 1.09 bits per heavy atom. The first-order valence-electron chi connectivity index (χ1n) is 12.7. The third kappa shape index (κ3) is 5.00. The number of methoxy groups -OCH3 is 1. The first-order chi connectivity index (χ1) is 16.5. The van der Waals surface area contributed by atoms with E-state index >= 15 is 0 Å². The van der Waals surface area contributed by atoms with Gasteiger partial charge in [-0.05, 0) is 74.6 Å². The van der Waals surface area contributed by atoms with Crippen molar-refractivity contribution < 1.29 is 14.6 Å². The van der Waals surface area contributed by atoms with Gasteiger partial charge in [0, 0.05) is 37.3 Å². The average Bonchev–Trinajstić information content (AvgIpc) is 2.88. The van der Waals surface area contributed by atoms with Crippen molar-refractivity contribution in [3.8, 4) is 5.75 Å². The summed E-state index contributed by atoms with van der Waals surface area (Å²) in [4.78, 5) is 17.8. The van der Waals surface area contributed by atoms with Gasteiger partial charge in [0.25, 0.3) is 0 Å². The van der Waals surface area contributed by atoms with Crippen LogP contribution in [0.2, 0.25) is 0 Å². The minimum Gasteiger partial charge on any atom is -0.497 e. The van der Waals surface area contributed by atoms with Crippen LogP contribution >= 0.6 is 0 Å². The molecule has 5 heteroatoms. The molecule has 1 amide bonds. The Bertz CT molecular complexity index is 981. The van der Waals surface area contributed by atoms with Gasteiger partial charge in [0.05, 0.1) is 18.8 Å². The number of rotatable bonds is 7. The van der Waals surface area contributed by atoms with E-state index in [-0.39, 0.29) is 17.9 Å². The summed E-state index contributed by atoms with van der Waals surface area (Å²) in [6.45, 7) is 6.82. The van der Waals surface area contributed by atoms with E-state index in [1.807, 2.05) is 35.2 Å². The van der Waals surface area contributed by atoms with Crippen molar-refractivity contribution in [1.82, 2.24) is 4.90 Å². The molecule has 1 saturated heterocycles. The molecule has 4 rings (SSSR count). The molecule has 2 aromatic rings. The summed E-state index contributed by atoms with van der Waals surface area (Å²) in [6.07, 6.45) is 8.13. The second kappa shape index (κ2) is 10.6. The Morgan fingerprint density at radius 3 is 2.44 bits per heavy atom. The fraction of sp³-hybridized carbons (Fsp3) is 0.483. The van der Waals surface area contributed by atoms with E-state index < -0.39 is 5.60 Å². The lowest BCUT2D eigenvalue weighted by molar-refractivity contribution is -0.150. The molecule has 2 fully saturated rings. The van der Waals surface area contributed by atoms with Crippen LogP contribution in [-0.2, 0) is 4.79 Å². The van der Waals surface area contributed by atoms with Gasteiger partial charge >= 0.3 is 0 Å². The van der Waals surface area contributed by atoms with Crippen molar-refractivity contribution in [2.75, 3.05) is 31.6 Å². The summed E-state index contributed by atoms with van der Waals surface area (Å²) < 4.78 is 5.22. The summed E-state index contributed by atoms with van der Waals surface area (Å²) in [7, 11) is 1.64. The predicted octanol–water partition coefficient (Wildman–Crippen LogP) is 5.45. The molecule has 0 unspecified atom stereocenters. The predicted molar refractivity (Wildman–Crippen MR) is 138 cm³/mol. The van der Waals surface area contributed by atoms with Crippen LogP contribution in [0, 0.1) is 5.92 Å². The first-order valence-corrected chi connectivity index (χ1v) is 12.7. The van der Waals surface area contributed by atoms with Gasteiger partial charge < -0.3 is 19.6 Å². The molecule has 182 valence electrons. The van der Waals surface area contributed by atoms with Gasteiger partial charge in [-0.3, -0.25) is 4.79 Å². The number of amides is 1. The molecule has 1 aliphatic carbocycles. The minimum atomic E-state index is -0.684. The number of fused-ring (bicyclic) bond motifs is 1. The molecule has 0 aromatic heterocycles. The molecular formula is C29H38N2O3. The zero-order chi connectivity index (χ0) is 24.1. The SMILES string of the molecule is CCN(CC)c1ccc([C@H]2[C@@H]3CCCC[C@]3(O)CCN2C(=O)/C=C/c2ccc(OC)cc2)cc1. The Balaban J connectivity index is 1.62. The molecule has 0 spiro atoms. The van der Waals surface area contributed by atoms with Crippen LogP contribution < -0.4 is 9.64 Å². The largest absolute Gasteiger partial charge is 0.497 e. The number of ether oxygens (including phenoxy) is 1. The lowest BCUT2D eigenvalue weighted by Gasteiger charge is -2.52. The van der Waals surface area contributed by atoms with Crippen LogP contribution in [0.15, 0.2) is 54.6 Å². The number of likely N-dealkylation sites (tertiary alicyclic amines) is 1. The van der Waals surface area contributed by atoms with Crippen LogP contribution in [0.3, 0.4) is 0 Å². The maximum Gasteiger partial charge on any atom is 0.247 e. The van der Waals surface area contributed by atoms with Crippen molar-refractivity contribution in [1.29, 1.82) is 0 Å². The van der Waals surface area contributed by atoms with E-state index in [9.17, 15) is 9.90 Å². The normalized spacial score (nSPS) is 24.6. The zero-order valence-electron chi connectivity index (χ0n) is 20.7. The highest BCUT2D eigenvalue weighted by atomic mass is 16.5. The van der Waals surface area contributed by atoms with Crippen molar-refractivity contribution in [2.24, 2.45) is 5.92 Å². The lowest BCUT2D eigenvalue weighted by Crippen LogP contribution is -2.56. The van der Waals surface area contributed by atoms with E-state index in [0.29, 0.717) is 13.0 Å². The topological polar surface area (TPSA) is 53.0 Å². The molecule has 34 heavy (non-hydrogen) atoms. The third-order valence-electron chi connectivity index (χ3n) is 7.75. The number of carbonyl (C=O) groups excluding carboxylic acids is 1. The molecule has 0 bridgehead atoms. The van der Waals surface area contributed by atoms with Crippen molar-refractivity contribution in [3.05, 3.63) is 65.7 Å². The molecule has 1 saturated carbocycles. The zero-order valence-corrected chi connectivity index (χ0v) is 20.7. The third-order valence-corrected chi connectivity index (χ3v) is 7.75. The standard InChI is InChI=1S/C29H38N2O3/c1-4-30(5-2)24-14-12-23(13-15-24)28-26-8-6-7-19-29(26,33)20-21-31(28)27(32)18-11-22-9-16-25(34-3)17-10-22/h9-18,26,28,33H,4-8,19-21H2,1-3H3/b18-11+/t26-,28-,29-/m0/s1. The van der Waals surface area contributed by atoms with Gasteiger partial charge in [-0.1, -0.05) is 37.1 Å². The number of hydrogen-bond acceptors (Lipinski definition) is 4. The van der Waals surface area contributed by atoms with E-state index in [1.54, 1.807) is 13.2 Å². The maximum absolute atomic E-state index is 13.4. The van der Waals surface area contributed by atoms with Gasteiger partial charge in [0.2, 0.25) is 5.91 Å². The number of carbonyl (C=O) groups is 1. The summed E-state index contributed by atoms with van der Waals surface area (Å²) in [5.41, 5.74) is 2.59. The molecule has 3 atom stereocenters. The van der Waals surface area contributed by atoms with Gasteiger partial charge in [-0.15, -0.1) is 0 Å². The van der Waals surface area contributed by atoms with Crippen molar-refractivity contribution >= 4 is 17.7 Å². The van der Waals surface area contributed by atoms with E-state index in [0.717, 1.165) is 55.6 Å². The monoisotopic (exact) mass is 462 g/mol. The molecule has 1 aliphatic heterocycles. The van der Waals surface area contributed by atoms with E-state index in [1.165, 1.54) is 5.69 Å². The maximum atomic E-state index is 13.4. The highest BCUT2D eigenvalue weighted by Crippen LogP contribution is 2.49.